The van der Waals surface area contributed by atoms with E-state index in [1.54, 1.807) is 0 Å². The summed E-state index contributed by atoms with van der Waals surface area (Å²) in [5.74, 6) is 1.80. The van der Waals surface area contributed by atoms with E-state index in [9.17, 15) is 0 Å². The van der Waals surface area contributed by atoms with Crippen LogP contribution in [0.1, 0.15) is 59.8 Å². The molecule has 0 spiro atoms. The minimum Gasteiger partial charge on any atom is -0.391 e. The first-order chi connectivity index (χ1) is 8.07. The lowest BCUT2D eigenvalue weighted by atomic mass is 9.77. The van der Waals surface area contributed by atoms with Gasteiger partial charge in [0.1, 0.15) is 0 Å². The van der Waals surface area contributed by atoms with Crippen molar-refractivity contribution in [3.63, 3.8) is 0 Å². The average molecular weight is 235 g/mol. The Bertz CT molecular complexity index is 189. The molecule has 0 aromatic carbocycles. The summed E-state index contributed by atoms with van der Waals surface area (Å²) >= 11 is 0. The van der Waals surface area contributed by atoms with Crippen LogP contribution in [0.25, 0.3) is 0 Å². The fourth-order valence-corrected chi connectivity index (χ4v) is 1.63. The molecule has 0 bridgehead atoms. The number of hydrogen-bond acceptors (Lipinski definition) is 1. The lowest BCUT2D eigenvalue weighted by Gasteiger charge is -2.13. The molecule has 0 aliphatic carbocycles. The van der Waals surface area contributed by atoms with E-state index in [0.29, 0.717) is 11.7 Å². The van der Waals surface area contributed by atoms with Gasteiger partial charge in [0.15, 0.2) is 0 Å². The summed E-state index contributed by atoms with van der Waals surface area (Å²) in [4.78, 5) is 0. The van der Waals surface area contributed by atoms with E-state index >= 15 is 0 Å². The van der Waals surface area contributed by atoms with Gasteiger partial charge < -0.3 is 5.32 Å². The highest BCUT2D eigenvalue weighted by atomic mass is 14.8. The molecule has 1 N–H and O–H groups in total. The van der Waals surface area contributed by atoms with Crippen molar-refractivity contribution >= 4 is 7.85 Å². The van der Waals surface area contributed by atoms with Crippen molar-refractivity contribution in [1.82, 2.24) is 5.32 Å². The third kappa shape index (κ3) is 10.5. The normalized spacial score (nSPS) is 16.9. The van der Waals surface area contributed by atoms with Gasteiger partial charge in [0.25, 0.3) is 0 Å². The maximum absolute atomic E-state index is 5.82. The number of hydrogen-bond donors (Lipinski definition) is 1. The second kappa shape index (κ2) is 10.7. The number of rotatable bonds is 10. The first-order valence-corrected chi connectivity index (χ1v) is 7.21. The molecule has 0 saturated heterocycles. The molecule has 1 nitrogen and oxygen atoms in total. The third-order valence-corrected chi connectivity index (χ3v) is 3.64. The van der Waals surface area contributed by atoms with Crippen LogP contribution in [-0.4, -0.2) is 14.4 Å². The van der Waals surface area contributed by atoms with Crippen LogP contribution in [-0.2, 0) is 0 Å². The zero-order valence-corrected chi connectivity index (χ0v) is 12.2. The van der Waals surface area contributed by atoms with E-state index in [1.165, 1.54) is 25.7 Å². The molecule has 2 unspecified atom stereocenters. The first kappa shape index (κ1) is 16.6. The smallest absolute Gasteiger partial charge is 0.0699 e. The second-order valence-corrected chi connectivity index (χ2v) is 5.43. The van der Waals surface area contributed by atoms with Gasteiger partial charge in [0, 0.05) is 6.54 Å². The topological polar surface area (TPSA) is 12.0 Å². The summed E-state index contributed by atoms with van der Waals surface area (Å²) in [5.41, 5.74) is 0. The predicted molar refractivity (Wildman–Crippen MR) is 79.4 cm³/mol. The molecule has 2 heteroatoms. The molecule has 3 atom stereocenters. The van der Waals surface area contributed by atoms with Crippen LogP contribution in [0.3, 0.4) is 0 Å². The SMILES string of the molecule is [B]C(C)[C@H](C)CC/C=C\NCCCC(C)CC. The Kier molecular flexibility index (Phi) is 10.5. The number of nitrogens with one attached hydrogen (secondary N) is 1. The highest BCUT2D eigenvalue weighted by Gasteiger charge is 2.04. The minimum atomic E-state index is 0.312. The molecule has 2 radical (unpaired) electrons. The van der Waals surface area contributed by atoms with Crippen molar-refractivity contribution in [2.45, 2.75) is 65.6 Å². The highest BCUT2D eigenvalue weighted by molar-refractivity contribution is 6.11. The van der Waals surface area contributed by atoms with Crippen molar-refractivity contribution in [2.24, 2.45) is 11.8 Å². The molecule has 0 aromatic heterocycles. The Labute approximate surface area is 110 Å². The van der Waals surface area contributed by atoms with Gasteiger partial charge in [-0.1, -0.05) is 46.0 Å². The fourth-order valence-electron chi connectivity index (χ4n) is 1.63. The van der Waals surface area contributed by atoms with Crippen LogP contribution < -0.4 is 5.32 Å². The van der Waals surface area contributed by atoms with Gasteiger partial charge >= 0.3 is 0 Å². The van der Waals surface area contributed by atoms with Gasteiger partial charge in [-0.05, 0) is 43.7 Å². The predicted octanol–water partition coefficient (Wildman–Crippen LogP) is 4.31. The maximum Gasteiger partial charge on any atom is 0.0699 e. The Morgan fingerprint density at radius 1 is 1.18 bits per heavy atom. The monoisotopic (exact) mass is 235 g/mol. The van der Waals surface area contributed by atoms with Gasteiger partial charge in [-0.3, -0.25) is 0 Å². The van der Waals surface area contributed by atoms with Gasteiger partial charge in [0.05, 0.1) is 7.85 Å². The zero-order valence-electron chi connectivity index (χ0n) is 12.2. The Morgan fingerprint density at radius 2 is 1.88 bits per heavy atom. The minimum absolute atomic E-state index is 0.312. The molecule has 0 aliphatic rings. The summed E-state index contributed by atoms with van der Waals surface area (Å²) in [6, 6.07) is 0. The molecule has 0 heterocycles. The molecular weight excluding hydrogens is 205 g/mol. The Morgan fingerprint density at radius 3 is 2.47 bits per heavy atom. The van der Waals surface area contributed by atoms with Gasteiger partial charge in [-0.25, -0.2) is 0 Å². The molecule has 0 fully saturated rings. The van der Waals surface area contributed by atoms with Crippen LogP contribution >= 0.6 is 0 Å². The van der Waals surface area contributed by atoms with Crippen LogP contribution in [0.4, 0.5) is 0 Å². The standard InChI is InChI=1S/C15H30BN/c1-5-13(2)9-8-12-17-11-7-6-10-14(3)15(4)16/h7,11,13-15,17H,5-6,8-10,12H2,1-4H3/b11-7-/t13?,14-,15?/m1/s1. The summed E-state index contributed by atoms with van der Waals surface area (Å²) in [7, 11) is 5.82. The molecule has 17 heavy (non-hydrogen) atoms. The maximum atomic E-state index is 5.82. The Balaban J connectivity index is 3.31. The quantitative estimate of drug-likeness (QED) is 0.439. The van der Waals surface area contributed by atoms with Crippen molar-refractivity contribution in [3.05, 3.63) is 12.3 Å². The number of allylic oxidation sites excluding steroid dienone is 1. The highest BCUT2D eigenvalue weighted by Crippen LogP contribution is 2.18. The van der Waals surface area contributed by atoms with E-state index in [2.05, 4.69) is 45.3 Å². The van der Waals surface area contributed by atoms with E-state index in [4.69, 9.17) is 7.85 Å². The molecule has 0 amide bonds. The largest absolute Gasteiger partial charge is 0.391 e. The van der Waals surface area contributed by atoms with E-state index in [-0.39, 0.29) is 0 Å². The van der Waals surface area contributed by atoms with Crippen LogP contribution in [0.5, 0.6) is 0 Å². The third-order valence-electron chi connectivity index (χ3n) is 3.64. The fraction of sp³-hybridized carbons (Fsp3) is 0.867. The summed E-state index contributed by atoms with van der Waals surface area (Å²) in [6.45, 7) is 9.99. The van der Waals surface area contributed by atoms with Crippen molar-refractivity contribution in [2.75, 3.05) is 6.54 Å². The summed E-state index contributed by atoms with van der Waals surface area (Å²) < 4.78 is 0. The van der Waals surface area contributed by atoms with Gasteiger partial charge in [-0.15, -0.1) is 0 Å². The second-order valence-electron chi connectivity index (χ2n) is 5.43. The van der Waals surface area contributed by atoms with Crippen LogP contribution in [0.2, 0.25) is 5.82 Å². The first-order valence-electron chi connectivity index (χ1n) is 7.21. The Hall–Kier alpha value is -0.395. The van der Waals surface area contributed by atoms with E-state index in [0.717, 1.165) is 18.9 Å². The summed E-state index contributed by atoms with van der Waals surface area (Å²) in [5, 5.41) is 3.36. The lowest BCUT2D eigenvalue weighted by molar-refractivity contribution is 0.491. The zero-order chi connectivity index (χ0) is 13.1. The molecule has 0 aliphatic heterocycles. The molecular formula is C15H30BN. The van der Waals surface area contributed by atoms with Crippen LogP contribution in [0.15, 0.2) is 12.3 Å². The van der Waals surface area contributed by atoms with Crippen molar-refractivity contribution < 1.29 is 0 Å². The molecule has 98 valence electrons. The molecule has 0 aromatic rings. The molecule has 0 saturated carbocycles. The molecule has 0 rings (SSSR count). The average Bonchev–Trinajstić information content (AvgIpc) is 2.31. The van der Waals surface area contributed by atoms with Gasteiger partial charge in [0.2, 0.25) is 0 Å². The van der Waals surface area contributed by atoms with Crippen molar-refractivity contribution in [1.29, 1.82) is 0 Å². The van der Waals surface area contributed by atoms with Gasteiger partial charge in [-0.2, -0.15) is 0 Å². The summed E-state index contributed by atoms with van der Waals surface area (Å²) in [6.07, 6.45) is 10.5. The van der Waals surface area contributed by atoms with Crippen molar-refractivity contribution in [3.8, 4) is 0 Å². The lowest BCUT2D eigenvalue weighted by Crippen LogP contribution is -2.08. The van der Waals surface area contributed by atoms with Crippen LogP contribution in [0, 0.1) is 11.8 Å². The van der Waals surface area contributed by atoms with E-state index < -0.39 is 0 Å². The van der Waals surface area contributed by atoms with E-state index in [1.807, 2.05) is 0 Å².